The Morgan fingerprint density at radius 2 is 2.00 bits per heavy atom. The van der Waals surface area contributed by atoms with Crippen LogP contribution in [0.4, 0.5) is 0 Å². The van der Waals surface area contributed by atoms with E-state index in [-0.39, 0.29) is 0 Å². The molecule has 2 aliphatic rings. The van der Waals surface area contributed by atoms with Crippen molar-refractivity contribution in [1.82, 2.24) is 15.1 Å². The van der Waals surface area contributed by atoms with Gasteiger partial charge in [-0.05, 0) is 37.1 Å². The fraction of sp³-hybridized carbons (Fsp3) is 0.947. The molecule has 0 bridgehead atoms. The van der Waals surface area contributed by atoms with Crippen molar-refractivity contribution in [2.45, 2.75) is 45.8 Å². The molecule has 2 heterocycles. The van der Waals surface area contributed by atoms with E-state index in [1.807, 2.05) is 7.05 Å². The van der Waals surface area contributed by atoms with Crippen molar-refractivity contribution in [1.29, 1.82) is 0 Å². The predicted molar refractivity (Wildman–Crippen MR) is 108 cm³/mol. The lowest BCUT2D eigenvalue weighted by Gasteiger charge is -2.38. The quantitative estimate of drug-likeness (QED) is 0.607. The fourth-order valence-corrected chi connectivity index (χ4v) is 5.14. The molecule has 0 saturated carbocycles. The Kier molecular flexibility index (Phi) is 8.21. The zero-order valence-corrected chi connectivity index (χ0v) is 17.2. The lowest BCUT2D eigenvalue weighted by atomic mass is 9.97. The van der Waals surface area contributed by atoms with Crippen LogP contribution in [-0.4, -0.2) is 73.1 Å². The topological polar surface area (TPSA) is 30.9 Å². The molecule has 2 rings (SSSR count). The van der Waals surface area contributed by atoms with Gasteiger partial charge in [-0.2, -0.15) is 11.8 Å². The van der Waals surface area contributed by atoms with E-state index in [4.69, 9.17) is 0 Å². The van der Waals surface area contributed by atoms with Gasteiger partial charge >= 0.3 is 0 Å². The Hall–Kier alpha value is -0.420. The number of guanidine groups is 1. The Bertz CT molecular complexity index is 397. The summed E-state index contributed by atoms with van der Waals surface area (Å²) in [6, 6.07) is 0. The molecule has 0 spiro atoms. The minimum absolute atomic E-state index is 0.730. The van der Waals surface area contributed by atoms with Crippen LogP contribution in [0.15, 0.2) is 4.99 Å². The summed E-state index contributed by atoms with van der Waals surface area (Å²) in [5, 5.41) is 4.41. The number of nitrogens with one attached hydrogen (secondary N) is 1. The molecule has 2 aliphatic heterocycles. The number of rotatable bonds is 5. The van der Waals surface area contributed by atoms with E-state index >= 15 is 0 Å². The van der Waals surface area contributed by atoms with Gasteiger partial charge in [0.05, 0.1) is 0 Å². The van der Waals surface area contributed by atoms with Crippen molar-refractivity contribution >= 4 is 17.7 Å². The van der Waals surface area contributed by atoms with Crippen molar-refractivity contribution in [3.05, 3.63) is 0 Å². The molecule has 0 aliphatic carbocycles. The molecule has 0 aromatic rings. The van der Waals surface area contributed by atoms with Crippen LogP contribution in [0.1, 0.15) is 40.5 Å². The van der Waals surface area contributed by atoms with Crippen LogP contribution in [0.2, 0.25) is 0 Å². The molecular formula is C19H38N4S. The average Bonchev–Trinajstić information content (AvgIpc) is 2.55. The van der Waals surface area contributed by atoms with E-state index < -0.39 is 0 Å². The van der Waals surface area contributed by atoms with Gasteiger partial charge in [-0.1, -0.05) is 27.7 Å². The lowest BCUT2D eigenvalue weighted by Crippen LogP contribution is -2.51. The molecule has 1 N–H and O–H groups in total. The first-order valence-corrected chi connectivity index (χ1v) is 10.8. The molecule has 0 aromatic heterocycles. The summed E-state index contributed by atoms with van der Waals surface area (Å²) in [5.41, 5.74) is 0. The van der Waals surface area contributed by atoms with Crippen LogP contribution in [-0.2, 0) is 0 Å². The average molecular weight is 355 g/mol. The van der Waals surface area contributed by atoms with Gasteiger partial charge in [0, 0.05) is 50.8 Å². The molecule has 24 heavy (non-hydrogen) atoms. The number of thioether (sulfide) groups is 1. The summed E-state index contributed by atoms with van der Waals surface area (Å²) in [7, 11) is 1.93. The zero-order valence-electron chi connectivity index (χ0n) is 16.4. The SMILES string of the molecule is CN=C(NCC1CCCN(CC(C)C)C1)N1CCSC(C(C)C)C1. The van der Waals surface area contributed by atoms with Gasteiger partial charge in [0.25, 0.3) is 0 Å². The normalized spacial score (nSPS) is 27.1. The monoisotopic (exact) mass is 354 g/mol. The van der Waals surface area contributed by atoms with Crippen LogP contribution < -0.4 is 5.32 Å². The van der Waals surface area contributed by atoms with E-state index in [0.29, 0.717) is 0 Å². The summed E-state index contributed by atoms with van der Waals surface area (Å²) < 4.78 is 0. The number of likely N-dealkylation sites (tertiary alicyclic amines) is 1. The van der Waals surface area contributed by atoms with Crippen molar-refractivity contribution in [3.8, 4) is 0 Å². The summed E-state index contributed by atoms with van der Waals surface area (Å²) >= 11 is 2.12. The molecule has 140 valence electrons. The maximum absolute atomic E-state index is 4.57. The van der Waals surface area contributed by atoms with Gasteiger partial charge in [-0.3, -0.25) is 4.99 Å². The number of hydrogen-bond donors (Lipinski definition) is 1. The van der Waals surface area contributed by atoms with Crippen molar-refractivity contribution in [2.24, 2.45) is 22.7 Å². The first kappa shape index (κ1) is 19.9. The third-order valence-corrected chi connectivity index (χ3v) is 6.66. The van der Waals surface area contributed by atoms with Crippen molar-refractivity contribution in [2.75, 3.05) is 52.1 Å². The molecule has 2 unspecified atom stereocenters. The highest BCUT2D eigenvalue weighted by Crippen LogP contribution is 2.25. The molecule has 4 nitrogen and oxygen atoms in total. The van der Waals surface area contributed by atoms with Crippen LogP contribution in [0.25, 0.3) is 0 Å². The Labute approximate surface area is 153 Å². The van der Waals surface area contributed by atoms with E-state index in [1.165, 1.54) is 38.2 Å². The Morgan fingerprint density at radius 3 is 2.67 bits per heavy atom. The minimum atomic E-state index is 0.730. The second kappa shape index (κ2) is 9.91. The number of hydrogen-bond acceptors (Lipinski definition) is 3. The Balaban J connectivity index is 1.80. The fourth-order valence-electron chi connectivity index (χ4n) is 3.84. The summed E-state index contributed by atoms with van der Waals surface area (Å²) in [6.07, 6.45) is 2.69. The highest BCUT2D eigenvalue weighted by atomic mass is 32.2. The smallest absolute Gasteiger partial charge is 0.193 e. The number of piperidine rings is 1. The van der Waals surface area contributed by atoms with E-state index in [2.05, 4.69) is 59.6 Å². The molecule has 2 saturated heterocycles. The molecule has 5 heteroatoms. The van der Waals surface area contributed by atoms with E-state index in [0.717, 1.165) is 48.6 Å². The third-order valence-electron chi connectivity index (χ3n) is 5.12. The molecule has 0 radical (unpaired) electrons. The first-order chi connectivity index (χ1) is 11.5. The highest BCUT2D eigenvalue weighted by Gasteiger charge is 2.26. The van der Waals surface area contributed by atoms with E-state index in [1.54, 1.807) is 0 Å². The first-order valence-electron chi connectivity index (χ1n) is 9.79. The van der Waals surface area contributed by atoms with Crippen LogP contribution in [0.5, 0.6) is 0 Å². The van der Waals surface area contributed by atoms with Crippen molar-refractivity contribution in [3.63, 3.8) is 0 Å². The molecule has 0 aromatic carbocycles. The molecule has 0 amide bonds. The number of nitrogens with zero attached hydrogens (tertiary/aromatic N) is 3. The molecular weight excluding hydrogens is 316 g/mol. The van der Waals surface area contributed by atoms with Gasteiger partial charge in [-0.15, -0.1) is 0 Å². The number of aliphatic imine (C=N–C) groups is 1. The van der Waals surface area contributed by atoms with Crippen molar-refractivity contribution < 1.29 is 0 Å². The van der Waals surface area contributed by atoms with Crippen LogP contribution in [0, 0.1) is 17.8 Å². The van der Waals surface area contributed by atoms with E-state index in [9.17, 15) is 0 Å². The van der Waals surface area contributed by atoms with Gasteiger partial charge in [0.1, 0.15) is 0 Å². The predicted octanol–water partition coefficient (Wildman–Crippen LogP) is 3.00. The minimum Gasteiger partial charge on any atom is -0.356 e. The largest absolute Gasteiger partial charge is 0.356 e. The van der Waals surface area contributed by atoms with Gasteiger partial charge < -0.3 is 15.1 Å². The second-order valence-electron chi connectivity index (χ2n) is 8.19. The second-order valence-corrected chi connectivity index (χ2v) is 9.54. The summed E-state index contributed by atoms with van der Waals surface area (Å²) in [4.78, 5) is 9.68. The maximum atomic E-state index is 4.57. The standard InChI is InChI=1S/C19H38N4S/c1-15(2)12-22-8-6-7-17(13-22)11-21-19(20-5)23-9-10-24-18(14-23)16(3)4/h15-18H,6-14H2,1-5H3,(H,20,21). The molecule has 2 fully saturated rings. The van der Waals surface area contributed by atoms with Gasteiger partial charge in [0.2, 0.25) is 0 Å². The van der Waals surface area contributed by atoms with Gasteiger partial charge in [-0.25, -0.2) is 0 Å². The lowest BCUT2D eigenvalue weighted by molar-refractivity contribution is 0.159. The zero-order chi connectivity index (χ0) is 17.5. The Morgan fingerprint density at radius 1 is 1.21 bits per heavy atom. The highest BCUT2D eigenvalue weighted by molar-refractivity contribution is 8.00. The molecule has 2 atom stereocenters. The summed E-state index contributed by atoms with van der Waals surface area (Å²) in [6.45, 7) is 16.4. The van der Waals surface area contributed by atoms with Crippen LogP contribution in [0.3, 0.4) is 0 Å². The van der Waals surface area contributed by atoms with Crippen LogP contribution >= 0.6 is 11.8 Å². The third kappa shape index (κ3) is 6.14. The summed E-state index contributed by atoms with van der Waals surface area (Å²) in [5.74, 6) is 4.59. The maximum Gasteiger partial charge on any atom is 0.193 e. The van der Waals surface area contributed by atoms with Gasteiger partial charge in [0.15, 0.2) is 5.96 Å².